The van der Waals surface area contributed by atoms with E-state index < -0.39 is 0 Å². The first kappa shape index (κ1) is 13.5. The number of thiophene rings is 1. The summed E-state index contributed by atoms with van der Waals surface area (Å²) in [4.78, 5) is 12.6. The molecule has 0 atom stereocenters. The summed E-state index contributed by atoms with van der Waals surface area (Å²) in [7, 11) is 0. The lowest BCUT2D eigenvalue weighted by molar-refractivity contribution is -0.118. The SMILES string of the molecule is CC(C)(N)CSCC(=O)NCc1cccs1. The number of nitrogens with one attached hydrogen (secondary N) is 1. The molecule has 0 unspecified atom stereocenters. The minimum atomic E-state index is -0.210. The van der Waals surface area contributed by atoms with Gasteiger partial charge in [0.1, 0.15) is 0 Å². The Balaban J connectivity index is 2.12. The summed E-state index contributed by atoms with van der Waals surface area (Å²) >= 11 is 3.22. The highest BCUT2D eigenvalue weighted by atomic mass is 32.2. The number of nitrogens with two attached hydrogens (primary N) is 1. The van der Waals surface area contributed by atoms with Crippen molar-refractivity contribution in [2.24, 2.45) is 5.73 Å². The summed E-state index contributed by atoms with van der Waals surface area (Å²) in [6, 6.07) is 4.00. The number of amides is 1. The third-order valence-electron chi connectivity index (χ3n) is 1.75. The molecule has 0 spiro atoms. The Labute approximate surface area is 105 Å². The van der Waals surface area contributed by atoms with Crippen LogP contribution < -0.4 is 11.1 Å². The van der Waals surface area contributed by atoms with E-state index in [-0.39, 0.29) is 11.4 Å². The average molecular weight is 258 g/mol. The van der Waals surface area contributed by atoms with Crippen LogP contribution in [0.25, 0.3) is 0 Å². The number of carbonyl (C=O) groups is 1. The number of carbonyl (C=O) groups excluding carboxylic acids is 1. The maximum absolute atomic E-state index is 11.5. The summed E-state index contributed by atoms with van der Waals surface area (Å²) in [5.41, 5.74) is 5.61. The van der Waals surface area contributed by atoms with Crippen LogP contribution in [0.5, 0.6) is 0 Å². The van der Waals surface area contributed by atoms with Gasteiger partial charge in [0, 0.05) is 16.2 Å². The summed E-state index contributed by atoms with van der Waals surface area (Å²) in [5, 5.41) is 4.89. The molecule has 1 rings (SSSR count). The lowest BCUT2D eigenvalue weighted by Crippen LogP contribution is -2.35. The molecule has 0 fully saturated rings. The van der Waals surface area contributed by atoms with Crippen molar-refractivity contribution in [2.75, 3.05) is 11.5 Å². The fraction of sp³-hybridized carbons (Fsp3) is 0.545. The van der Waals surface area contributed by atoms with Crippen molar-refractivity contribution in [3.05, 3.63) is 22.4 Å². The lowest BCUT2D eigenvalue weighted by atomic mass is 10.1. The Morgan fingerprint density at radius 2 is 2.38 bits per heavy atom. The van der Waals surface area contributed by atoms with E-state index in [2.05, 4.69) is 5.32 Å². The molecule has 0 aliphatic carbocycles. The Hall–Kier alpha value is -0.520. The van der Waals surface area contributed by atoms with Crippen molar-refractivity contribution >= 4 is 29.0 Å². The molecular weight excluding hydrogens is 240 g/mol. The minimum Gasteiger partial charge on any atom is -0.350 e. The van der Waals surface area contributed by atoms with E-state index in [0.29, 0.717) is 12.3 Å². The van der Waals surface area contributed by atoms with E-state index in [4.69, 9.17) is 5.73 Å². The van der Waals surface area contributed by atoms with Crippen LogP contribution in [0.2, 0.25) is 0 Å². The molecule has 0 aliphatic heterocycles. The van der Waals surface area contributed by atoms with Crippen molar-refractivity contribution in [1.29, 1.82) is 0 Å². The van der Waals surface area contributed by atoms with Gasteiger partial charge in [0.2, 0.25) is 5.91 Å². The normalized spacial score (nSPS) is 11.4. The molecule has 0 aliphatic rings. The highest BCUT2D eigenvalue weighted by Gasteiger charge is 2.11. The Bertz CT molecular complexity index is 317. The quantitative estimate of drug-likeness (QED) is 0.818. The number of thioether (sulfide) groups is 1. The zero-order valence-corrected chi connectivity index (χ0v) is 11.3. The van der Waals surface area contributed by atoms with Gasteiger partial charge in [-0.25, -0.2) is 0 Å². The fourth-order valence-electron chi connectivity index (χ4n) is 1.06. The first-order chi connectivity index (χ1) is 7.47. The van der Waals surface area contributed by atoms with Gasteiger partial charge in [0.05, 0.1) is 12.3 Å². The molecule has 0 saturated heterocycles. The van der Waals surface area contributed by atoms with Gasteiger partial charge in [0.15, 0.2) is 0 Å². The molecule has 0 radical (unpaired) electrons. The largest absolute Gasteiger partial charge is 0.350 e. The van der Waals surface area contributed by atoms with E-state index in [1.165, 1.54) is 4.88 Å². The fourth-order valence-corrected chi connectivity index (χ4v) is 2.62. The van der Waals surface area contributed by atoms with E-state index in [9.17, 15) is 4.79 Å². The second-order valence-electron chi connectivity index (χ2n) is 4.34. The lowest BCUT2D eigenvalue weighted by Gasteiger charge is -2.17. The average Bonchev–Trinajstić information content (AvgIpc) is 2.65. The third kappa shape index (κ3) is 6.15. The van der Waals surface area contributed by atoms with Gasteiger partial charge in [-0.2, -0.15) is 11.8 Å². The van der Waals surface area contributed by atoms with Crippen molar-refractivity contribution in [3.8, 4) is 0 Å². The van der Waals surface area contributed by atoms with Crippen LogP contribution >= 0.6 is 23.1 Å². The number of hydrogen-bond acceptors (Lipinski definition) is 4. The first-order valence-corrected chi connectivity index (χ1v) is 7.16. The minimum absolute atomic E-state index is 0.0719. The monoisotopic (exact) mass is 258 g/mol. The molecule has 0 aromatic carbocycles. The van der Waals surface area contributed by atoms with Gasteiger partial charge in [-0.1, -0.05) is 6.07 Å². The van der Waals surface area contributed by atoms with Crippen molar-refractivity contribution in [1.82, 2.24) is 5.32 Å². The molecule has 5 heteroatoms. The zero-order chi connectivity index (χ0) is 12.0. The Morgan fingerprint density at radius 3 is 2.94 bits per heavy atom. The summed E-state index contributed by atoms with van der Waals surface area (Å²) in [6.45, 7) is 4.55. The van der Waals surface area contributed by atoms with E-state index >= 15 is 0 Å². The van der Waals surface area contributed by atoms with E-state index in [0.717, 1.165) is 5.75 Å². The third-order valence-corrected chi connectivity index (χ3v) is 4.04. The van der Waals surface area contributed by atoms with E-state index in [1.807, 2.05) is 31.4 Å². The first-order valence-electron chi connectivity index (χ1n) is 5.13. The van der Waals surface area contributed by atoms with Gasteiger partial charge < -0.3 is 11.1 Å². The molecule has 1 aromatic rings. The van der Waals surface area contributed by atoms with Gasteiger partial charge >= 0.3 is 0 Å². The Kier molecular flexibility index (Phi) is 5.31. The molecule has 3 N–H and O–H groups in total. The van der Waals surface area contributed by atoms with Crippen LogP contribution in [-0.4, -0.2) is 23.0 Å². The van der Waals surface area contributed by atoms with Crippen molar-refractivity contribution in [3.63, 3.8) is 0 Å². The van der Waals surface area contributed by atoms with Crippen molar-refractivity contribution in [2.45, 2.75) is 25.9 Å². The summed E-state index contributed by atoms with van der Waals surface area (Å²) < 4.78 is 0. The van der Waals surface area contributed by atoms with Crippen LogP contribution in [0.1, 0.15) is 18.7 Å². The topological polar surface area (TPSA) is 55.1 Å². The molecule has 1 amide bonds. The molecule has 1 heterocycles. The standard InChI is InChI=1S/C11H18N2OS2/c1-11(2,12)8-15-7-10(14)13-6-9-4-3-5-16-9/h3-5H,6-8,12H2,1-2H3,(H,13,14). The van der Waals surface area contributed by atoms with E-state index in [1.54, 1.807) is 23.1 Å². The molecule has 0 saturated carbocycles. The predicted octanol–water partition coefficient (Wildman–Crippen LogP) is 1.83. The summed E-state index contributed by atoms with van der Waals surface area (Å²) in [6.07, 6.45) is 0. The number of hydrogen-bond donors (Lipinski definition) is 2. The van der Waals surface area contributed by atoms with Crippen LogP contribution in [0.4, 0.5) is 0 Å². The molecule has 16 heavy (non-hydrogen) atoms. The van der Waals surface area contributed by atoms with Crippen LogP contribution in [-0.2, 0) is 11.3 Å². The van der Waals surface area contributed by atoms with Crippen LogP contribution in [0, 0.1) is 0 Å². The predicted molar refractivity (Wildman–Crippen MR) is 71.8 cm³/mol. The van der Waals surface area contributed by atoms with Gasteiger partial charge in [-0.3, -0.25) is 4.79 Å². The zero-order valence-electron chi connectivity index (χ0n) is 9.66. The molecule has 1 aromatic heterocycles. The molecule has 3 nitrogen and oxygen atoms in total. The second-order valence-corrected chi connectivity index (χ2v) is 6.36. The molecule has 90 valence electrons. The van der Waals surface area contributed by atoms with Gasteiger partial charge in [-0.15, -0.1) is 11.3 Å². The number of rotatable bonds is 6. The van der Waals surface area contributed by atoms with Crippen LogP contribution in [0.3, 0.4) is 0 Å². The van der Waals surface area contributed by atoms with Crippen molar-refractivity contribution < 1.29 is 4.79 Å². The van der Waals surface area contributed by atoms with Gasteiger partial charge in [-0.05, 0) is 25.3 Å². The maximum Gasteiger partial charge on any atom is 0.230 e. The van der Waals surface area contributed by atoms with Gasteiger partial charge in [0.25, 0.3) is 0 Å². The molecule has 0 bridgehead atoms. The smallest absolute Gasteiger partial charge is 0.230 e. The highest BCUT2D eigenvalue weighted by molar-refractivity contribution is 8.00. The Morgan fingerprint density at radius 1 is 1.62 bits per heavy atom. The van der Waals surface area contributed by atoms with Crippen LogP contribution in [0.15, 0.2) is 17.5 Å². The molecular formula is C11H18N2OS2. The summed E-state index contributed by atoms with van der Waals surface area (Å²) in [5.74, 6) is 1.34. The maximum atomic E-state index is 11.5. The second kappa shape index (κ2) is 6.27. The highest BCUT2D eigenvalue weighted by Crippen LogP contribution is 2.10.